The van der Waals surface area contributed by atoms with Crippen molar-refractivity contribution in [1.29, 1.82) is 0 Å². The number of hydrazone groups is 1. The molecular weight excluding hydrogens is 328 g/mol. The van der Waals surface area contributed by atoms with Gasteiger partial charge >= 0.3 is 0 Å². The van der Waals surface area contributed by atoms with Crippen LogP contribution in [0.3, 0.4) is 0 Å². The third kappa shape index (κ3) is 5.92. The number of nitrogens with one attached hydrogen (secondary N) is 1. The highest BCUT2D eigenvalue weighted by atomic mass is 16.5. The van der Waals surface area contributed by atoms with Gasteiger partial charge < -0.3 is 9.47 Å². The molecule has 0 aliphatic rings. The molecule has 26 heavy (non-hydrogen) atoms. The number of carbonyl (C=O) groups is 1. The molecule has 2 aromatic rings. The maximum absolute atomic E-state index is 12.0. The third-order valence-electron chi connectivity index (χ3n) is 3.83. The maximum atomic E-state index is 12.0. The minimum absolute atomic E-state index is 0.248. The van der Waals surface area contributed by atoms with Gasteiger partial charge in [-0.25, -0.2) is 5.43 Å². The summed E-state index contributed by atoms with van der Waals surface area (Å²) in [5.74, 6) is 1.68. The van der Waals surface area contributed by atoms with Crippen molar-refractivity contribution in [3.63, 3.8) is 0 Å². The van der Waals surface area contributed by atoms with Crippen LogP contribution in [0, 0.1) is 12.8 Å². The van der Waals surface area contributed by atoms with Gasteiger partial charge in [0.05, 0.1) is 19.9 Å². The molecule has 0 bridgehead atoms. The first-order valence-corrected chi connectivity index (χ1v) is 8.70. The monoisotopic (exact) mass is 354 g/mol. The molecule has 0 saturated carbocycles. The number of hydrogen-bond acceptors (Lipinski definition) is 4. The highest BCUT2D eigenvalue weighted by molar-refractivity contribution is 5.94. The number of benzene rings is 2. The lowest BCUT2D eigenvalue weighted by Crippen LogP contribution is -2.17. The van der Waals surface area contributed by atoms with Crippen molar-refractivity contribution in [3.05, 3.63) is 59.2 Å². The fraction of sp³-hybridized carbons (Fsp3) is 0.333. The van der Waals surface area contributed by atoms with E-state index in [0.717, 1.165) is 17.5 Å². The molecule has 0 aliphatic carbocycles. The standard InChI is InChI=1S/C21H26N2O3/c1-15(2)11-12-26-19-10-7-17(13-20(19)25-4)14-22-23-21(24)18-8-5-16(3)6-9-18/h5-10,13-15H,11-12H2,1-4H3,(H,23,24)/b22-14-. The molecule has 0 heterocycles. The van der Waals surface area contributed by atoms with Crippen molar-refractivity contribution in [2.45, 2.75) is 27.2 Å². The zero-order valence-corrected chi connectivity index (χ0v) is 15.8. The van der Waals surface area contributed by atoms with Crippen molar-refractivity contribution in [2.75, 3.05) is 13.7 Å². The Bertz CT molecular complexity index is 752. The molecule has 0 fully saturated rings. The largest absolute Gasteiger partial charge is 0.493 e. The minimum Gasteiger partial charge on any atom is -0.493 e. The molecule has 2 rings (SSSR count). The molecule has 0 spiro atoms. The van der Waals surface area contributed by atoms with Crippen LogP contribution in [0.1, 0.15) is 41.8 Å². The van der Waals surface area contributed by atoms with Crippen molar-refractivity contribution in [2.24, 2.45) is 11.0 Å². The first-order chi connectivity index (χ1) is 12.5. The highest BCUT2D eigenvalue weighted by Crippen LogP contribution is 2.27. The average Bonchev–Trinajstić information content (AvgIpc) is 2.62. The highest BCUT2D eigenvalue weighted by Gasteiger charge is 2.06. The molecule has 0 radical (unpaired) electrons. The molecule has 0 saturated heterocycles. The van der Waals surface area contributed by atoms with Crippen LogP contribution in [-0.4, -0.2) is 25.8 Å². The number of nitrogens with zero attached hydrogens (tertiary/aromatic N) is 1. The Morgan fingerprint density at radius 1 is 1.15 bits per heavy atom. The van der Waals surface area contributed by atoms with Gasteiger partial charge in [0.2, 0.25) is 0 Å². The summed E-state index contributed by atoms with van der Waals surface area (Å²) < 4.78 is 11.1. The second-order valence-electron chi connectivity index (χ2n) is 6.51. The summed E-state index contributed by atoms with van der Waals surface area (Å²) >= 11 is 0. The number of amides is 1. The summed E-state index contributed by atoms with van der Waals surface area (Å²) in [5.41, 5.74) is 5.01. The molecule has 0 aromatic heterocycles. The number of ether oxygens (including phenoxy) is 2. The van der Waals surface area contributed by atoms with E-state index in [-0.39, 0.29) is 5.91 Å². The van der Waals surface area contributed by atoms with Crippen LogP contribution < -0.4 is 14.9 Å². The number of methoxy groups -OCH3 is 1. The summed E-state index contributed by atoms with van der Waals surface area (Å²) in [7, 11) is 1.60. The topological polar surface area (TPSA) is 59.9 Å². The van der Waals surface area contributed by atoms with Gasteiger partial charge in [-0.3, -0.25) is 4.79 Å². The Morgan fingerprint density at radius 2 is 1.88 bits per heavy atom. The van der Waals surface area contributed by atoms with Crippen molar-refractivity contribution in [3.8, 4) is 11.5 Å². The molecule has 5 nitrogen and oxygen atoms in total. The van der Waals surface area contributed by atoms with E-state index in [1.54, 1.807) is 25.5 Å². The summed E-state index contributed by atoms with van der Waals surface area (Å²) in [5, 5.41) is 4.01. The van der Waals surface area contributed by atoms with Gasteiger partial charge in [0.1, 0.15) is 0 Å². The number of aryl methyl sites for hydroxylation is 1. The SMILES string of the molecule is COc1cc(/C=N\NC(=O)c2ccc(C)cc2)ccc1OCCC(C)C. The van der Waals surface area contributed by atoms with Crippen molar-refractivity contribution < 1.29 is 14.3 Å². The lowest BCUT2D eigenvalue weighted by Gasteiger charge is -2.12. The zero-order chi connectivity index (χ0) is 18.9. The summed E-state index contributed by atoms with van der Waals surface area (Å²) in [4.78, 5) is 12.0. The summed E-state index contributed by atoms with van der Waals surface area (Å²) in [6.45, 7) is 6.94. The molecule has 5 heteroatoms. The smallest absolute Gasteiger partial charge is 0.271 e. The fourth-order valence-electron chi connectivity index (χ4n) is 2.22. The van der Waals surface area contributed by atoms with Crippen LogP contribution in [0.2, 0.25) is 0 Å². The Morgan fingerprint density at radius 3 is 2.54 bits per heavy atom. The van der Waals surface area contributed by atoms with E-state index in [4.69, 9.17) is 9.47 Å². The molecule has 0 atom stereocenters. The quantitative estimate of drug-likeness (QED) is 0.571. The first-order valence-electron chi connectivity index (χ1n) is 8.70. The zero-order valence-electron chi connectivity index (χ0n) is 15.8. The van der Waals surface area contributed by atoms with Gasteiger partial charge in [-0.2, -0.15) is 5.10 Å². The minimum atomic E-state index is -0.248. The van der Waals surface area contributed by atoms with E-state index < -0.39 is 0 Å². The number of carbonyl (C=O) groups excluding carboxylic acids is 1. The van der Waals surface area contributed by atoms with Gasteiger partial charge in [0, 0.05) is 5.56 Å². The van der Waals surface area contributed by atoms with E-state index >= 15 is 0 Å². The molecular formula is C21H26N2O3. The summed E-state index contributed by atoms with van der Waals surface area (Å²) in [6.07, 6.45) is 2.56. The van der Waals surface area contributed by atoms with Gasteiger partial charge in [-0.05, 0) is 55.2 Å². The van der Waals surface area contributed by atoms with Crippen LogP contribution in [0.15, 0.2) is 47.6 Å². The van der Waals surface area contributed by atoms with Gasteiger partial charge in [0.15, 0.2) is 11.5 Å². The predicted molar refractivity (Wildman–Crippen MR) is 104 cm³/mol. The average molecular weight is 354 g/mol. The van der Waals surface area contributed by atoms with E-state index in [9.17, 15) is 4.79 Å². The second-order valence-corrected chi connectivity index (χ2v) is 6.51. The van der Waals surface area contributed by atoms with E-state index in [1.165, 1.54) is 0 Å². The normalized spacial score (nSPS) is 11.0. The van der Waals surface area contributed by atoms with Crippen LogP contribution in [-0.2, 0) is 0 Å². The Kier molecular flexibility index (Phi) is 7.21. The van der Waals surface area contributed by atoms with Crippen LogP contribution in [0.5, 0.6) is 11.5 Å². The molecule has 1 N–H and O–H groups in total. The first kappa shape index (κ1) is 19.5. The second kappa shape index (κ2) is 9.61. The maximum Gasteiger partial charge on any atom is 0.271 e. The van der Waals surface area contributed by atoms with Crippen LogP contribution in [0.25, 0.3) is 0 Å². The van der Waals surface area contributed by atoms with E-state index in [1.807, 2.05) is 37.3 Å². The lowest BCUT2D eigenvalue weighted by molar-refractivity contribution is 0.0955. The Hall–Kier alpha value is -2.82. The van der Waals surface area contributed by atoms with Crippen LogP contribution >= 0.6 is 0 Å². The molecule has 138 valence electrons. The van der Waals surface area contributed by atoms with E-state index in [0.29, 0.717) is 29.6 Å². The third-order valence-corrected chi connectivity index (χ3v) is 3.83. The molecule has 1 amide bonds. The number of rotatable bonds is 8. The predicted octanol–water partition coefficient (Wildman–Crippen LogP) is 4.19. The number of hydrogen-bond donors (Lipinski definition) is 1. The molecule has 0 unspecified atom stereocenters. The lowest BCUT2D eigenvalue weighted by atomic mass is 10.1. The van der Waals surface area contributed by atoms with Gasteiger partial charge in [0.25, 0.3) is 5.91 Å². The Balaban J connectivity index is 1.96. The molecule has 2 aromatic carbocycles. The van der Waals surface area contributed by atoms with Crippen molar-refractivity contribution in [1.82, 2.24) is 5.43 Å². The fourth-order valence-corrected chi connectivity index (χ4v) is 2.22. The van der Waals surface area contributed by atoms with Crippen molar-refractivity contribution >= 4 is 12.1 Å². The molecule has 0 aliphatic heterocycles. The van der Waals surface area contributed by atoms with Gasteiger partial charge in [-0.1, -0.05) is 31.5 Å². The summed E-state index contributed by atoms with van der Waals surface area (Å²) in [6, 6.07) is 12.9. The van der Waals surface area contributed by atoms with Crippen LogP contribution in [0.4, 0.5) is 0 Å². The Labute approximate surface area is 155 Å². The van der Waals surface area contributed by atoms with Gasteiger partial charge in [-0.15, -0.1) is 0 Å². The van der Waals surface area contributed by atoms with E-state index in [2.05, 4.69) is 24.4 Å².